The summed E-state index contributed by atoms with van der Waals surface area (Å²) in [5, 5.41) is 3.62. The largest absolute Gasteiger partial charge is 0.326 e. The van der Waals surface area contributed by atoms with Gasteiger partial charge in [-0.05, 0) is 37.5 Å². The monoisotopic (exact) mass is 378 g/mol. The minimum Gasteiger partial charge on any atom is -0.326 e. The van der Waals surface area contributed by atoms with Crippen molar-refractivity contribution >= 4 is 44.8 Å². The first-order valence-electron chi connectivity index (χ1n) is 7.57. The van der Waals surface area contributed by atoms with Gasteiger partial charge in [0.25, 0.3) is 0 Å². The highest BCUT2D eigenvalue weighted by Gasteiger charge is 2.30. The Kier molecular flexibility index (Phi) is 6.31. The van der Waals surface area contributed by atoms with E-state index in [0.717, 1.165) is 0 Å². The zero-order valence-electron chi connectivity index (χ0n) is 12.9. The van der Waals surface area contributed by atoms with E-state index in [1.165, 1.54) is 4.31 Å². The molecule has 0 aliphatic carbocycles. The summed E-state index contributed by atoms with van der Waals surface area (Å²) < 4.78 is 25.5. The highest BCUT2D eigenvalue weighted by Crippen LogP contribution is 2.26. The number of sulfonamides is 1. The van der Waals surface area contributed by atoms with Crippen LogP contribution < -0.4 is 5.32 Å². The van der Waals surface area contributed by atoms with E-state index in [-0.39, 0.29) is 17.6 Å². The SMILES string of the molecule is CCCS(=O)(=O)N1CCC(C(=O)Nc2ccc(Cl)c(Cl)c2)CC1. The molecule has 128 valence electrons. The van der Waals surface area contributed by atoms with Gasteiger partial charge < -0.3 is 5.32 Å². The summed E-state index contributed by atoms with van der Waals surface area (Å²) >= 11 is 11.8. The number of halogens is 2. The number of benzene rings is 1. The molecule has 0 bridgehead atoms. The Hall–Kier alpha value is -0.820. The Morgan fingerprint density at radius 3 is 2.48 bits per heavy atom. The summed E-state index contributed by atoms with van der Waals surface area (Å²) in [6, 6.07) is 4.91. The normalized spacial score (nSPS) is 17.2. The predicted molar refractivity (Wildman–Crippen MR) is 93.5 cm³/mol. The summed E-state index contributed by atoms with van der Waals surface area (Å²) in [6.07, 6.45) is 1.65. The van der Waals surface area contributed by atoms with Crippen molar-refractivity contribution in [1.29, 1.82) is 0 Å². The minimum atomic E-state index is -3.18. The third-order valence-corrected chi connectivity index (χ3v) is 6.68. The summed E-state index contributed by atoms with van der Waals surface area (Å²) in [4.78, 5) is 12.3. The number of nitrogens with one attached hydrogen (secondary N) is 1. The number of carbonyl (C=O) groups is 1. The van der Waals surface area contributed by atoms with Gasteiger partial charge in [-0.2, -0.15) is 0 Å². The number of nitrogens with zero attached hydrogens (tertiary/aromatic N) is 1. The van der Waals surface area contributed by atoms with Crippen molar-refractivity contribution in [3.05, 3.63) is 28.2 Å². The second kappa shape index (κ2) is 7.83. The molecular formula is C15H20Cl2N2O3S. The van der Waals surface area contributed by atoms with Crippen molar-refractivity contribution in [3.8, 4) is 0 Å². The molecule has 0 atom stereocenters. The van der Waals surface area contributed by atoms with Crippen molar-refractivity contribution in [2.75, 3.05) is 24.2 Å². The molecule has 1 aliphatic heterocycles. The molecule has 1 aliphatic rings. The molecule has 1 saturated heterocycles. The zero-order chi connectivity index (χ0) is 17.0. The standard InChI is InChI=1S/C15H20Cl2N2O3S/c1-2-9-23(21,22)19-7-5-11(6-8-19)15(20)18-12-3-4-13(16)14(17)10-12/h3-4,10-11H,2,5-9H2,1H3,(H,18,20). The third kappa shape index (κ3) is 4.83. The molecule has 8 heteroatoms. The smallest absolute Gasteiger partial charge is 0.227 e. The maximum Gasteiger partial charge on any atom is 0.227 e. The van der Waals surface area contributed by atoms with Gasteiger partial charge >= 0.3 is 0 Å². The molecule has 0 aromatic heterocycles. The summed E-state index contributed by atoms with van der Waals surface area (Å²) in [6.45, 7) is 2.62. The van der Waals surface area contributed by atoms with E-state index in [1.807, 2.05) is 6.92 Å². The molecule has 0 saturated carbocycles. The lowest BCUT2D eigenvalue weighted by atomic mass is 9.97. The number of rotatable bonds is 5. The fraction of sp³-hybridized carbons (Fsp3) is 0.533. The van der Waals surface area contributed by atoms with Crippen molar-refractivity contribution in [2.45, 2.75) is 26.2 Å². The quantitative estimate of drug-likeness (QED) is 0.853. The Morgan fingerprint density at radius 2 is 1.91 bits per heavy atom. The lowest BCUT2D eigenvalue weighted by molar-refractivity contribution is -0.120. The summed E-state index contributed by atoms with van der Waals surface area (Å²) in [5.74, 6) is -0.152. The van der Waals surface area contributed by atoms with E-state index in [4.69, 9.17) is 23.2 Å². The average Bonchev–Trinajstić information content (AvgIpc) is 2.51. The Balaban J connectivity index is 1.92. The van der Waals surface area contributed by atoms with Crippen LogP contribution in [-0.2, 0) is 14.8 Å². The van der Waals surface area contributed by atoms with Gasteiger partial charge in [0.1, 0.15) is 0 Å². The maximum absolute atomic E-state index is 12.3. The number of carbonyl (C=O) groups excluding carboxylic acids is 1. The average molecular weight is 379 g/mol. The van der Waals surface area contributed by atoms with Gasteiger partial charge in [0.2, 0.25) is 15.9 Å². The second-order valence-corrected chi connectivity index (χ2v) is 8.51. The lowest BCUT2D eigenvalue weighted by Crippen LogP contribution is -2.42. The lowest BCUT2D eigenvalue weighted by Gasteiger charge is -2.30. The molecule has 0 radical (unpaired) electrons. The van der Waals surface area contributed by atoms with Gasteiger partial charge in [-0.3, -0.25) is 4.79 Å². The van der Waals surface area contributed by atoms with E-state index in [2.05, 4.69) is 5.32 Å². The fourth-order valence-electron chi connectivity index (χ4n) is 2.60. The number of hydrogen-bond donors (Lipinski definition) is 1. The van der Waals surface area contributed by atoms with E-state index in [9.17, 15) is 13.2 Å². The van der Waals surface area contributed by atoms with Crippen LogP contribution in [0.25, 0.3) is 0 Å². The van der Waals surface area contributed by atoms with Crippen molar-refractivity contribution in [2.24, 2.45) is 5.92 Å². The first kappa shape index (κ1) is 18.5. The number of piperidine rings is 1. The summed E-state index contributed by atoms with van der Waals surface area (Å²) in [7, 11) is -3.18. The Bertz CT molecular complexity index is 671. The van der Waals surface area contributed by atoms with E-state index >= 15 is 0 Å². The number of anilines is 1. The van der Waals surface area contributed by atoms with Gasteiger partial charge in [-0.15, -0.1) is 0 Å². The molecule has 1 aromatic rings. The van der Waals surface area contributed by atoms with Crippen LogP contribution in [0, 0.1) is 5.92 Å². The highest BCUT2D eigenvalue weighted by atomic mass is 35.5. The van der Waals surface area contributed by atoms with Crippen LogP contribution in [0.15, 0.2) is 18.2 Å². The summed E-state index contributed by atoms with van der Waals surface area (Å²) in [5.41, 5.74) is 0.588. The number of hydrogen-bond acceptors (Lipinski definition) is 3. The molecule has 1 amide bonds. The first-order valence-corrected chi connectivity index (χ1v) is 9.93. The predicted octanol–water partition coefficient (Wildman–Crippen LogP) is 3.38. The number of amides is 1. The molecule has 5 nitrogen and oxygen atoms in total. The molecule has 2 rings (SSSR count). The molecule has 1 fully saturated rings. The van der Waals surface area contributed by atoms with Gasteiger partial charge in [0.15, 0.2) is 0 Å². The van der Waals surface area contributed by atoms with Crippen molar-refractivity contribution < 1.29 is 13.2 Å². The molecule has 1 N–H and O–H groups in total. The maximum atomic E-state index is 12.3. The van der Waals surface area contributed by atoms with Crippen LogP contribution in [0.1, 0.15) is 26.2 Å². The molecule has 1 heterocycles. The second-order valence-electron chi connectivity index (χ2n) is 5.61. The van der Waals surface area contributed by atoms with Gasteiger partial charge in [-0.1, -0.05) is 30.1 Å². The molecule has 0 unspecified atom stereocenters. The molecular weight excluding hydrogens is 359 g/mol. The molecule has 23 heavy (non-hydrogen) atoms. The van der Waals surface area contributed by atoms with Crippen LogP contribution >= 0.6 is 23.2 Å². The van der Waals surface area contributed by atoms with Crippen LogP contribution in [0.2, 0.25) is 10.0 Å². The fourth-order valence-corrected chi connectivity index (χ4v) is 4.44. The van der Waals surface area contributed by atoms with Crippen molar-refractivity contribution in [3.63, 3.8) is 0 Å². The topological polar surface area (TPSA) is 66.5 Å². The third-order valence-electron chi connectivity index (χ3n) is 3.87. The van der Waals surface area contributed by atoms with E-state index in [1.54, 1.807) is 18.2 Å². The van der Waals surface area contributed by atoms with Gasteiger partial charge in [0, 0.05) is 24.7 Å². The van der Waals surface area contributed by atoms with Crippen LogP contribution in [-0.4, -0.2) is 37.5 Å². The Labute approximate surface area is 147 Å². The van der Waals surface area contributed by atoms with Crippen LogP contribution in [0.5, 0.6) is 0 Å². The molecule has 1 aromatic carbocycles. The zero-order valence-corrected chi connectivity index (χ0v) is 15.2. The van der Waals surface area contributed by atoms with Crippen LogP contribution in [0.3, 0.4) is 0 Å². The van der Waals surface area contributed by atoms with Crippen molar-refractivity contribution in [1.82, 2.24) is 4.31 Å². The highest BCUT2D eigenvalue weighted by molar-refractivity contribution is 7.89. The molecule has 0 spiro atoms. The first-order chi connectivity index (χ1) is 10.8. The van der Waals surface area contributed by atoms with Gasteiger partial charge in [-0.25, -0.2) is 12.7 Å². The van der Waals surface area contributed by atoms with Crippen LogP contribution in [0.4, 0.5) is 5.69 Å². The van der Waals surface area contributed by atoms with E-state index < -0.39 is 10.0 Å². The Morgan fingerprint density at radius 1 is 1.26 bits per heavy atom. The van der Waals surface area contributed by atoms with E-state index in [0.29, 0.717) is 48.1 Å². The minimum absolute atomic E-state index is 0.115. The van der Waals surface area contributed by atoms with Gasteiger partial charge in [0.05, 0.1) is 15.8 Å².